The average Bonchev–Trinajstić information content (AvgIpc) is 2.60. The number of carbonyl (C=O) groups excluding carboxylic acids is 1. The highest BCUT2D eigenvalue weighted by molar-refractivity contribution is 7.40. The number of esters is 1. The second-order valence-corrected chi connectivity index (χ2v) is 5.59. The van der Waals surface area contributed by atoms with Crippen LogP contribution in [0.25, 0.3) is 0 Å². The Hall–Kier alpha value is -0.100. The Kier molecular flexibility index (Phi) is 1.16. The molecule has 3 fully saturated rings. The van der Waals surface area contributed by atoms with Crippen molar-refractivity contribution < 1.29 is 9.53 Å². The molecule has 0 spiro atoms. The van der Waals surface area contributed by atoms with E-state index in [4.69, 9.17) is 4.74 Å². The number of ether oxygens (including phenoxy) is 1. The Morgan fingerprint density at radius 2 is 2.18 bits per heavy atom. The summed E-state index contributed by atoms with van der Waals surface area (Å²) in [7, 11) is 1.07. The van der Waals surface area contributed by atoms with Crippen molar-refractivity contribution in [1.82, 2.24) is 0 Å². The quantitative estimate of drug-likeness (QED) is 0.400. The summed E-state index contributed by atoms with van der Waals surface area (Å²) >= 11 is 0. The van der Waals surface area contributed by atoms with Gasteiger partial charge in [0.1, 0.15) is 0 Å². The zero-order valence-corrected chi connectivity index (χ0v) is 7.25. The summed E-state index contributed by atoms with van der Waals surface area (Å²) in [6.07, 6.45) is 2.65. The van der Waals surface area contributed by atoms with E-state index in [2.05, 4.69) is 0 Å². The molecule has 2 nitrogen and oxygen atoms in total. The van der Waals surface area contributed by atoms with Crippen molar-refractivity contribution in [3.63, 3.8) is 0 Å². The molecule has 3 heteroatoms. The summed E-state index contributed by atoms with van der Waals surface area (Å²) in [6, 6.07) is 0. The van der Waals surface area contributed by atoms with Crippen LogP contribution >= 0.6 is 8.58 Å². The second-order valence-electron chi connectivity index (χ2n) is 3.78. The van der Waals surface area contributed by atoms with Crippen LogP contribution in [0.4, 0.5) is 0 Å². The first-order valence-corrected chi connectivity index (χ1v) is 5.44. The smallest absolute Gasteiger partial charge is 0.310 e. The molecule has 0 radical (unpaired) electrons. The Bertz CT molecular complexity index is 216. The van der Waals surface area contributed by atoms with Gasteiger partial charge in [-0.05, 0) is 24.2 Å². The van der Waals surface area contributed by atoms with E-state index in [1.54, 1.807) is 0 Å². The first-order chi connectivity index (χ1) is 5.36. The van der Waals surface area contributed by atoms with Crippen LogP contribution in [0.3, 0.4) is 0 Å². The molecule has 0 aliphatic carbocycles. The van der Waals surface area contributed by atoms with E-state index >= 15 is 0 Å². The van der Waals surface area contributed by atoms with Crippen LogP contribution in [-0.4, -0.2) is 23.9 Å². The lowest BCUT2D eigenvalue weighted by atomic mass is 9.81. The summed E-state index contributed by atoms with van der Waals surface area (Å²) in [6.45, 7) is 0.734. The maximum Gasteiger partial charge on any atom is 0.310 e. The molecule has 60 valence electrons. The summed E-state index contributed by atoms with van der Waals surface area (Å²) in [4.78, 5) is 11.2. The number of hydrogen-bond donors (Lipinski definition) is 0. The highest BCUT2D eigenvalue weighted by Crippen LogP contribution is 2.59. The predicted octanol–water partition coefficient (Wildman–Crippen LogP) is 0.999. The molecule has 3 heterocycles. The zero-order chi connectivity index (χ0) is 7.42. The first-order valence-electron chi connectivity index (χ1n) is 4.29. The van der Waals surface area contributed by atoms with Gasteiger partial charge in [-0.2, -0.15) is 0 Å². The molecule has 3 aliphatic heterocycles. The summed E-state index contributed by atoms with van der Waals surface area (Å²) in [5.74, 6) is 1.06. The molecule has 0 saturated carbocycles. The first kappa shape index (κ1) is 6.42. The fourth-order valence-electron chi connectivity index (χ4n) is 2.80. The van der Waals surface area contributed by atoms with Crippen LogP contribution in [0.5, 0.6) is 0 Å². The van der Waals surface area contributed by atoms with Crippen LogP contribution in [0, 0.1) is 11.8 Å². The molecule has 3 saturated heterocycles. The van der Waals surface area contributed by atoms with Gasteiger partial charge >= 0.3 is 5.97 Å². The van der Waals surface area contributed by atoms with Crippen molar-refractivity contribution in [2.75, 3.05) is 6.61 Å². The largest absolute Gasteiger partial charge is 0.465 e. The SMILES string of the molecule is O=C1OCC2C3CCC(P3)C12. The average molecular weight is 170 g/mol. The van der Waals surface area contributed by atoms with E-state index in [9.17, 15) is 4.79 Å². The van der Waals surface area contributed by atoms with Gasteiger partial charge in [0.2, 0.25) is 0 Å². The van der Waals surface area contributed by atoms with E-state index in [0.717, 1.165) is 26.5 Å². The van der Waals surface area contributed by atoms with E-state index in [0.29, 0.717) is 11.8 Å². The maximum absolute atomic E-state index is 11.2. The van der Waals surface area contributed by atoms with Gasteiger partial charge < -0.3 is 4.74 Å². The molecule has 0 aromatic heterocycles. The van der Waals surface area contributed by atoms with E-state index in [1.165, 1.54) is 12.8 Å². The highest BCUT2D eigenvalue weighted by Gasteiger charge is 2.55. The summed E-state index contributed by atoms with van der Waals surface area (Å²) in [5.41, 5.74) is 1.58. The Morgan fingerprint density at radius 3 is 3.00 bits per heavy atom. The van der Waals surface area contributed by atoms with Crippen molar-refractivity contribution in [2.45, 2.75) is 24.2 Å². The molecule has 0 amide bonds. The fraction of sp³-hybridized carbons (Fsp3) is 0.875. The minimum absolute atomic E-state index is 0.106. The molecular weight excluding hydrogens is 159 g/mol. The standard InChI is InChI=1S/C8H11O2P/c9-8-7-4(3-10-8)5-1-2-6(7)11-5/h4-7,11H,1-3H2. The topological polar surface area (TPSA) is 26.3 Å². The molecule has 11 heavy (non-hydrogen) atoms. The van der Waals surface area contributed by atoms with Gasteiger partial charge in [-0.15, -0.1) is 8.58 Å². The molecule has 0 aromatic carbocycles. The monoisotopic (exact) mass is 170 g/mol. The van der Waals surface area contributed by atoms with Gasteiger partial charge in [-0.1, -0.05) is 0 Å². The lowest BCUT2D eigenvalue weighted by molar-refractivity contribution is -0.141. The number of rotatable bonds is 0. The Balaban J connectivity index is 1.97. The van der Waals surface area contributed by atoms with Crippen molar-refractivity contribution in [2.24, 2.45) is 11.8 Å². The van der Waals surface area contributed by atoms with Gasteiger partial charge in [-0.25, -0.2) is 0 Å². The minimum Gasteiger partial charge on any atom is -0.465 e. The van der Waals surface area contributed by atoms with Gasteiger partial charge in [0.15, 0.2) is 0 Å². The summed E-state index contributed by atoms with van der Waals surface area (Å²) in [5, 5.41) is 0. The van der Waals surface area contributed by atoms with Crippen molar-refractivity contribution in [3.05, 3.63) is 0 Å². The molecule has 5 atom stereocenters. The van der Waals surface area contributed by atoms with E-state index < -0.39 is 0 Å². The van der Waals surface area contributed by atoms with Crippen LogP contribution in [0.1, 0.15) is 12.8 Å². The fourth-order valence-corrected chi connectivity index (χ4v) is 5.16. The molecular formula is C8H11O2P. The van der Waals surface area contributed by atoms with Gasteiger partial charge in [-0.3, -0.25) is 4.79 Å². The maximum atomic E-state index is 11.2. The predicted molar refractivity (Wildman–Crippen MR) is 43.1 cm³/mol. The number of cyclic esters (lactones) is 1. The molecule has 0 N–H and O–H groups in total. The third-order valence-electron chi connectivity index (χ3n) is 3.32. The highest BCUT2D eigenvalue weighted by atomic mass is 31.1. The van der Waals surface area contributed by atoms with Crippen LogP contribution in [0.2, 0.25) is 0 Å². The van der Waals surface area contributed by atoms with E-state index in [-0.39, 0.29) is 5.97 Å². The number of hydrogen-bond acceptors (Lipinski definition) is 2. The van der Waals surface area contributed by atoms with Crippen LogP contribution < -0.4 is 0 Å². The van der Waals surface area contributed by atoms with E-state index in [1.807, 2.05) is 0 Å². The minimum atomic E-state index is 0.106. The summed E-state index contributed by atoms with van der Waals surface area (Å²) < 4.78 is 5.07. The number of carbonyl (C=O) groups is 1. The molecule has 5 unspecified atom stereocenters. The molecule has 0 aromatic rings. The molecule has 3 rings (SSSR count). The third-order valence-corrected chi connectivity index (χ3v) is 5.54. The lowest BCUT2D eigenvalue weighted by Crippen LogP contribution is -2.27. The Labute approximate surface area is 67.5 Å². The molecule has 3 aliphatic rings. The van der Waals surface area contributed by atoms with Crippen molar-refractivity contribution in [1.29, 1.82) is 0 Å². The van der Waals surface area contributed by atoms with Crippen LogP contribution in [0.15, 0.2) is 0 Å². The Morgan fingerprint density at radius 1 is 1.36 bits per heavy atom. The molecule has 2 bridgehead atoms. The van der Waals surface area contributed by atoms with Crippen molar-refractivity contribution in [3.8, 4) is 0 Å². The van der Waals surface area contributed by atoms with Gasteiger partial charge in [0, 0.05) is 5.92 Å². The van der Waals surface area contributed by atoms with Crippen molar-refractivity contribution >= 4 is 14.6 Å². The van der Waals surface area contributed by atoms with Gasteiger partial charge in [0.25, 0.3) is 0 Å². The van der Waals surface area contributed by atoms with Gasteiger partial charge in [0.05, 0.1) is 12.5 Å². The zero-order valence-electron chi connectivity index (χ0n) is 6.25. The number of fused-ring (bicyclic) bond motifs is 5. The third kappa shape index (κ3) is 0.691. The normalized spacial score (nSPS) is 55.1. The second kappa shape index (κ2) is 1.98. The van der Waals surface area contributed by atoms with Crippen LogP contribution in [-0.2, 0) is 9.53 Å². The lowest BCUT2D eigenvalue weighted by Gasteiger charge is -2.18.